The summed E-state index contributed by atoms with van der Waals surface area (Å²) in [5, 5.41) is 10.1. The topological polar surface area (TPSA) is 37.3 Å². The summed E-state index contributed by atoms with van der Waals surface area (Å²) in [7, 11) is 0. The van der Waals surface area contributed by atoms with E-state index >= 15 is 0 Å². The second kappa shape index (κ2) is 2.82. The van der Waals surface area contributed by atoms with Gasteiger partial charge >= 0.3 is 0 Å². The van der Waals surface area contributed by atoms with E-state index in [2.05, 4.69) is 12.7 Å². The Morgan fingerprint density at radius 3 is 3.13 bits per heavy atom. The van der Waals surface area contributed by atoms with Crippen LogP contribution < -0.4 is 0 Å². The molecule has 15 heavy (non-hydrogen) atoms. The third-order valence-corrected chi connectivity index (χ3v) is 4.51. The van der Waals surface area contributed by atoms with E-state index in [0.717, 1.165) is 19.3 Å². The molecule has 2 fully saturated rings. The van der Waals surface area contributed by atoms with Crippen LogP contribution in [0.3, 0.4) is 0 Å². The molecule has 3 aliphatic carbocycles. The van der Waals surface area contributed by atoms with Gasteiger partial charge in [0, 0.05) is 12.3 Å². The Morgan fingerprint density at radius 1 is 1.53 bits per heavy atom. The predicted octanol–water partition coefficient (Wildman–Crippen LogP) is 1.85. The normalized spacial score (nSPS) is 48.2. The van der Waals surface area contributed by atoms with Crippen LogP contribution in [0.2, 0.25) is 0 Å². The molecule has 0 aromatic rings. The standard InChI is InChI=1S/C13H16O2/c1-8-6-13-3-2-10(14)5-11(13)12(15)4-9(8)7-13/h2-3,9,11-12,15H,1,4-7H2/t9-,11-,12-,13-/m1/s1. The van der Waals surface area contributed by atoms with Crippen molar-refractivity contribution in [3.05, 3.63) is 24.3 Å². The van der Waals surface area contributed by atoms with Gasteiger partial charge in [-0.25, -0.2) is 0 Å². The lowest BCUT2D eigenvalue weighted by molar-refractivity contribution is -0.120. The quantitative estimate of drug-likeness (QED) is 0.611. The van der Waals surface area contributed by atoms with Crippen LogP contribution in [-0.4, -0.2) is 17.0 Å². The van der Waals surface area contributed by atoms with Gasteiger partial charge in [-0.2, -0.15) is 0 Å². The van der Waals surface area contributed by atoms with Crippen molar-refractivity contribution in [1.29, 1.82) is 0 Å². The van der Waals surface area contributed by atoms with Gasteiger partial charge in [0.05, 0.1) is 6.10 Å². The molecule has 0 saturated heterocycles. The molecule has 0 heterocycles. The molecule has 80 valence electrons. The summed E-state index contributed by atoms with van der Waals surface area (Å²) >= 11 is 0. The van der Waals surface area contributed by atoms with Crippen LogP contribution in [0.15, 0.2) is 24.3 Å². The van der Waals surface area contributed by atoms with Gasteiger partial charge in [-0.3, -0.25) is 4.79 Å². The molecular formula is C13H16O2. The zero-order valence-electron chi connectivity index (χ0n) is 8.78. The van der Waals surface area contributed by atoms with E-state index in [1.54, 1.807) is 6.08 Å². The van der Waals surface area contributed by atoms with E-state index in [1.165, 1.54) is 5.57 Å². The summed E-state index contributed by atoms with van der Waals surface area (Å²) in [5.74, 6) is 0.792. The maximum atomic E-state index is 11.4. The van der Waals surface area contributed by atoms with Gasteiger partial charge in [-0.05, 0) is 36.7 Å². The molecule has 0 aromatic carbocycles. The molecule has 0 aliphatic heterocycles. The molecule has 4 atom stereocenters. The number of carbonyl (C=O) groups excluding carboxylic acids is 1. The summed E-state index contributed by atoms with van der Waals surface area (Å²) in [5.41, 5.74) is 1.34. The van der Waals surface area contributed by atoms with E-state index in [4.69, 9.17) is 0 Å². The first-order valence-electron chi connectivity index (χ1n) is 5.68. The molecule has 1 N–H and O–H groups in total. The molecule has 2 heteroatoms. The first kappa shape index (κ1) is 9.34. The van der Waals surface area contributed by atoms with Crippen LogP contribution in [0, 0.1) is 17.3 Å². The van der Waals surface area contributed by atoms with Crippen LogP contribution in [-0.2, 0) is 4.79 Å². The smallest absolute Gasteiger partial charge is 0.155 e. The Bertz CT molecular complexity index is 369. The highest BCUT2D eigenvalue weighted by molar-refractivity contribution is 5.91. The average molecular weight is 204 g/mol. The Morgan fingerprint density at radius 2 is 2.33 bits per heavy atom. The molecule has 1 spiro atoms. The van der Waals surface area contributed by atoms with Crippen LogP contribution in [0.5, 0.6) is 0 Å². The second-order valence-electron chi connectivity index (χ2n) is 5.38. The van der Waals surface area contributed by atoms with Crippen molar-refractivity contribution in [2.75, 3.05) is 0 Å². The van der Waals surface area contributed by atoms with Crippen molar-refractivity contribution in [3.63, 3.8) is 0 Å². The largest absolute Gasteiger partial charge is 0.393 e. The molecule has 0 unspecified atom stereocenters. The Kier molecular flexibility index (Phi) is 1.76. The van der Waals surface area contributed by atoms with Crippen molar-refractivity contribution < 1.29 is 9.90 Å². The van der Waals surface area contributed by atoms with E-state index in [0.29, 0.717) is 12.3 Å². The molecule has 0 aromatic heterocycles. The minimum atomic E-state index is -0.308. The zero-order valence-corrected chi connectivity index (χ0v) is 8.78. The lowest BCUT2D eigenvalue weighted by Crippen LogP contribution is -2.42. The number of ketones is 1. The number of allylic oxidation sites excluding steroid dienone is 3. The molecular weight excluding hydrogens is 188 g/mol. The predicted molar refractivity (Wildman–Crippen MR) is 57.2 cm³/mol. The first-order valence-corrected chi connectivity index (χ1v) is 5.68. The van der Waals surface area contributed by atoms with Gasteiger partial charge in [0.25, 0.3) is 0 Å². The number of hydrogen-bond donors (Lipinski definition) is 1. The van der Waals surface area contributed by atoms with Gasteiger partial charge in [-0.1, -0.05) is 18.2 Å². The zero-order chi connectivity index (χ0) is 10.6. The maximum Gasteiger partial charge on any atom is 0.155 e. The molecule has 0 amide bonds. The Labute approximate surface area is 89.7 Å². The number of hydrogen-bond acceptors (Lipinski definition) is 2. The van der Waals surface area contributed by atoms with Crippen LogP contribution >= 0.6 is 0 Å². The van der Waals surface area contributed by atoms with Crippen molar-refractivity contribution in [3.8, 4) is 0 Å². The van der Waals surface area contributed by atoms with Gasteiger partial charge < -0.3 is 5.11 Å². The lowest BCUT2D eigenvalue weighted by atomic mass is 9.62. The van der Waals surface area contributed by atoms with Gasteiger partial charge in [0.15, 0.2) is 5.78 Å². The van der Waals surface area contributed by atoms with Crippen LogP contribution in [0.25, 0.3) is 0 Å². The third kappa shape index (κ3) is 1.18. The molecule has 2 bridgehead atoms. The van der Waals surface area contributed by atoms with Gasteiger partial charge in [0.2, 0.25) is 0 Å². The van der Waals surface area contributed by atoms with Gasteiger partial charge in [0.1, 0.15) is 0 Å². The van der Waals surface area contributed by atoms with E-state index in [9.17, 15) is 9.90 Å². The molecule has 2 saturated carbocycles. The monoisotopic (exact) mass is 204 g/mol. The SMILES string of the molecule is C=C1C[C@@]23C=CC(=O)C[C@@H]2[C@H](O)C[C@@H]1C3. The second-order valence-corrected chi connectivity index (χ2v) is 5.38. The maximum absolute atomic E-state index is 11.4. The van der Waals surface area contributed by atoms with Crippen molar-refractivity contribution >= 4 is 5.78 Å². The lowest BCUT2D eigenvalue weighted by Gasteiger charge is -2.43. The highest BCUT2D eigenvalue weighted by atomic mass is 16.3. The Balaban J connectivity index is 2.05. The molecule has 2 nitrogen and oxygen atoms in total. The highest BCUT2D eigenvalue weighted by Crippen LogP contribution is 2.59. The number of carbonyl (C=O) groups is 1. The fourth-order valence-electron chi connectivity index (χ4n) is 3.75. The highest BCUT2D eigenvalue weighted by Gasteiger charge is 2.53. The molecule has 3 rings (SSSR count). The third-order valence-electron chi connectivity index (χ3n) is 4.51. The summed E-state index contributed by atoms with van der Waals surface area (Å²) in [4.78, 5) is 11.4. The number of rotatable bonds is 0. The summed E-state index contributed by atoms with van der Waals surface area (Å²) in [6, 6.07) is 0. The molecule has 3 aliphatic rings. The minimum absolute atomic E-state index is 0.0628. The van der Waals surface area contributed by atoms with E-state index in [1.807, 2.05) is 0 Å². The van der Waals surface area contributed by atoms with Crippen molar-refractivity contribution in [1.82, 2.24) is 0 Å². The average Bonchev–Trinajstić information content (AvgIpc) is 2.44. The van der Waals surface area contributed by atoms with Crippen molar-refractivity contribution in [2.45, 2.75) is 31.8 Å². The summed E-state index contributed by atoms with van der Waals surface area (Å²) in [6.45, 7) is 4.11. The van der Waals surface area contributed by atoms with Crippen molar-refractivity contribution in [2.24, 2.45) is 17.3 Å². The fourth-order valence-corrected chi connectivity index (χ4v) is 3.75. The first-order chi connectivity index (χ1) is 7.11. The summed E-state index contributed by atoms with van der Waals surface area (Å²) < 4.78 is 0. The van der Waals surface area contributed by atoms with Gasteiger partial charge in [-0.15, -0.1) is 0 Å². The minimum Gasteiger partial charge on any atom is -0.393 e. The van der Waals surface area contributed by atoms with Crippen LogP contribution in [0.1, 0.15) is 25.7 Å². The number of aliphatic hydroxyl groups excluding tert-OH is 1. The molecule has 0 radical (unpaired) electrons. The summed E-state index contributed by atoms with van der Waals surface area (Å²) in [6.07, 6.45) is 6.86. The van der Waals surface area contributed by atoms with E-state index < -0.39 is 0 Å². The van der Waals surface area contributed by atoms with E-state index in [-0.39, 0.29) is 23.2 Å². The van der Waals surface area contributed by atoms with Crippen LogP contribution in [0.4, 0.5) is 0 Å². The number of fused-ring (bicyclic) bond motifs is 1. The fraction of sp³-hybridized carbons (Fsp3) is 0.615. The number of aliphatic hydroxyl groups is 1. The Hall–Kier alpha value is -0.890.